The standard InChI is InChI=1S/C23H25ClN2O2/c1-14-11-26(12-17-5-4-16-8-19(24)6-7-20(16)17)13-18(14)9-22(27)21-10-23(28-25-21)15-2-3-15/h5-8,10,14-15,18H,2-4,9,11-13H2,1H3/t14-,18+/m0/s1. The first-order valence-electron chi connectivity index (χ1n) is 10.3. The van der Waals surface area contributed by atoms with E-state index in [-0.39, 0.29) is 5.78 Å². The number of benzene rings is 1. The minimum Gasteiger partial charge on any atom is -0.360 e. The number of hydrogen-bond acceptors (Lipinski definition) is 4. The molecule has 1 saturated heterocycles. The smallest absolute Gasteiger partial charge is 0.185 e. The first kappa shape index (κ1) is 18.1. The molecule has 28 heavy (non-hydrogen) atoms. The molecule has 1 aromatic heterocycles. The molecule has 5 heteroatoms. The lowest BCUT2D eigenvalue weighted by molar-refractivity contribution is 0.0946. The third-order valence-electron chi connectivity index (χ3n) is 6.46. The van der Waals surface area contributed by atoms with E-state index in [1.807, 2.05) is 12.1 Å². The lowest BCUT2D eigenvalue weighted by atomic mass is 9.92. The van der Waals surface area contributed by atoms with Gasteiger partial charge in [-0.15, -0.1) is 0 Å². The summed E-state index contributed by atoms with van der Waals surface area (Å²) in [7, 11) is 0. The normalized spacial score (nSPS) is 24.4. The molecule has 5 rings (SSSR count). The van der Waals surface area contributed by atoms with Crippen LogP contribution in [0.1, 0.15) is 59.5 Å². The number of ketones is 1. The summed E-state index contributed by atoms with van der Waals surface area (Å²) < 4.78 is 5.35. The number of Topliss-reactive ketones (excluding diaryl/α,β-unsaturated/α-hetero) is 1. The fraction of sp³-hybridized carbons (Fsp3) is 0.478. The summed E-state index contributed by atoms with van der Waals surface area (Å²) in [5, 5.41) is 4.83. The quantitative estimate of drug-likeness (QED) is 0.645. The maximum absolute atomic E-state index is 12.7. The summed E-state index contributed by atoms with van der Waals surface area (Å²) >= 11 is 6.12. The van der Waals surface area contributed by atoms with Crippen LogP contribution in [-0.2, 0) is 6.42 Å². The van der Waals surface area contributed by atoms with Crippen LogP contribution in [-0.4, -0.2) is 35.5 Å². The molecular weight excluding hydrogens is 372 g/mol. The van der Waals surface area contributed by atoms with Crippen LogP contribution in [0.5, 0.6) is 0 Å². The molecule has 2 aromatic rings. The van der Waals surface area contributed by atoms with Gasteiger partial charge in [-0.2, -0.15) is 0 Å². The lowest BCUT2D eigenvalue weighted by Crippen LogP contribution is -2.23. The maximum Gasteiger partial charge on any atom is 0.185 e. The molecule has 1 aliphatic heterocycles. The van der Waals surface area contributed by atoms with Crippen LogP contribution in [0.4, 0.5) is 0 Å². The van der Waals surface area contributed by atoms with Gasteiger partial charge >= 0.3 is 0 Å². The monoisotopic (exact) mass is 396 g/mol. The molecule has 2 fully saturated rings. The van der Waals surface area contributed by atoms with Gasteiger partial charge in [-0.1, -0.05) is 35.8 Å². The van der Waals surface area contributed by atoms with Crippen molar-refractivity contribution in [3.8, 4) is 0 Å². The molecule has 0 spiro atoms. The number of hydrogen-bond donors (Lipinski definition) is 0. The fourth-order valence-electron chi connectivity index (χ4n) is 4.64. The van der Waals surface area contributed by atoms with E-state index < -0.39 is 0 Å². The average molecular weight is 397 g/mol. The van der Waals surface area contributed by atoms with Crippen molar-refractivity contribution in [1.29, 1.82) is 0 Å². The highest BCUT2D eigenvalue weighted by atomic mass is 35.5. The molecular formula is C23H25ClN2O2. The highest BCUT2D eigenvalue weighted by Gasteiger charge is 2.34. The third-order valence-corrected chi connectivity index (χ3v) is 6.70. The Morgan fingerprint density at radius 1 is 1.29 bits per heavy atom. The number of fused-ring (bicyclic) bond motifs is 1. The van der Waals surface area contributed by atoms with Gasteiger partial charge in [-0.05, 0) is 59.9 Å². The van der Waals surface area contributed by atoms with Gasteiger partial charge < -0.3 is 4.52 Å². The Balaban J connectivity index is 1.20. The number of carbonyl (C=O) groups is 1. The van der Waals surface area contributed by atoms with Gasteiger partial charge in [-0.25, -0.2) is 0 Å². The number of carbonyl (C=O) groups excluding carboxylic acids is 1. The zero-order valence-corrected chi connectivity index (χ0v) is 16.9. The summed E-state index contributed by atoms with van der Waals surface area (Å²) in [6, 6.07) is 8.05. The van der Waals surface area contributed by atoms with Crippen molar-refractivity contribution in [1.82, 2.24) is 10.1 Å². The molecule has 0 radical (unpaired) electrons. The molecule has 0 amide bonds. The van der Waals surface area contributed by atoms with Crippen molar-refractivity contribution in [2.45, 2.75) is 38.5 Å². The summed E-state index contributed by atoms with van der Waals surface area (Å²) in [5.74, 6) is 2.38. The van der Waals surface area contributed by atoms with Crippen molar-refractivity contribution in [3.63, 3.8) is 0 Å². The molecule has 0 unspecified atom stereocenters. The van der Waals surface area contributed by atoms with Gasteiger partial charge in [0, 0.05) is 43.1 Å². The van der Waals surface area contributed by atoms with Crippen molar-refractivity contribution >= 4 is 23.0 Å². The van der Waals surface area contributed by atoms with Crippen LogP contribution >= 0.6 is 11.6 Å². The topological polar surface area (TPSA) is 46.3 Å². The predicted octanol–water partition coefficient (Wildman–Crippen LogP) is 4.99. The second-order valence-electron chi connectivity index (χ2n) is 8.68. The number of allylic oxidation sites excluding steroid dienone is 1. The number of rotatable bonds is 6. The molecule has 2 aliphatic carbocycles. The molecule has 0 N–H and O–H groups in total. The van der Waals surface area contributed by atoms with Gasteiger partial charge in [0.15, 0.2) is 5.78 Å². The van der Waals surface area contributed by atoms with Crippen LogP contribution < -0.4 is 0 Å². The number of halogens is 1. The molecule has 4 nitrogen and oxygen atoms in total. The minimum absolute atomic E-state index is 0.120. The van der Waals surface area contributed by atoms with Gasteiger partial charge in [0.2, 0.25) is 0 Å². The second kappa shape index (κ2) is 7.16. The Hall–Kier alpha value is -1.91. The summed E-state index contributed by atoms with van der Waals surface area (Å²) in [4.78, 5) is 15.2. The van der Waals surface area contributed by atoms with Gasteiger partial charge in [0.1, 0.15) is 11.5 Å². The maximum atomic E-state index is 12.7. The summed E-state index contributed by atoms with van der Waals surface area (Å²) in [5.41, 5.74) is 4.54. The predicted molar refractivity (Wildman–Crippen MR) is 110 cm³/mol. The number of aromatic nitrogens is 1. The van der Waals surface area contributed by atoms with E-state index in [9.17, 15) is 4.79 Å². The zero-order chi connectivity index (χ0) is 19.3. The van der Waals surface area contributed by atoms with E-state index in [2.05, 4.69) is 35.2 Å². The van der Waals surface area contributed by atoms with E-state index in [0.717, 1.165) is 49.7 Å². The number of nitrogens with zero attached hydrogens (tertiary/aromatic N) is 2. The van der Waals surface area contributed by atoms with Crippen LogP contribution in [0, 0.1) is 11.8 Å². The molecule has 3 aliphatic rings. The summed E-state index contributed by atoms with van der Waals surface area (Å²) in [6.07, 6.45) is 6.15. The lowest BCUT2D eigenvalue weighted by Gasteiger charge is -2.17. The Morgan fingerprint density at radius 3 is 2.96 bits per heavy atom. The van der Waals surface area contributed by atoms with Crippen molar-refractivity contribution in [3.05, 3.63) is 57.9 Å². The Kier molecular flexibility index (Phi) is 4.64. The fourth-order valence-corrected chi connectivity index (χ4v) is 4.83. The van der Waals surface area contributed by atoms with Gasteiger partial charge in [0.25, 0.3) is 0 Å². The van der Waals surface area contributed by atoms with Gasteiger partial charge in [-0.3, -0.25) is 9.69 Å². The molecule has 0 bridgehead atoms. The van der Waals surface area contributed by atoms with E-state index in [1.54, 1.807) is 0 Å². The van der Waals surface area contributed by atoms with E-state index in [4.69, 9.17) is 16.1 Å². The molecule has 2 atom stereocenters. The summed E-state index contributed by atoms with van der Waals surface area (Å²) in [6.45, 7) is 5.19. The molecule has 146 valence electrons. The van der Waals surface area contributed by atoms with Crippen LogP contribution in [0.15, 0.2) is 34.9 Å². The SMILES string of the molecule is C[C@H]1CN(CC2=CCc3cc(Cl)ccc32)C[C@H]1CC(=O)c1cc(C2CC2)on1. The Bertz CT molecular complexity index is 944. The van der Waals surface area contributed by atoms with Gasteiger partial charge in [0.05, 0.1) is 0 Å². The first-order valence-corrected chi connectivity index (χ1v) is 10.6. The highest BCUT2D eigenvalue weighted by Crippen LogP contribution is 2.40. The van der Waals surface area contributed by atoms with E-state index in [0.29, 0.717) is 29.9 Å². The Labute approximate surface area is 170 Å². The molecule has 2 heterocycles. The van der Waals surface area contributed by atoms with Crippen molar-refractivity contribution in [2.75, 3.05) is 19.6 Å². The van der Waals surface area contributed by atoms with E-state index >= 15 is 0 Å². The zero-order valence-electron chi connectivity index (χ0n) is 16.2. The molecule has 1 aromatic carbocycles. The Morgan fingerprint density at radius 2 is 2.14 bits per heavy atom. The average Bonchev–Trinajstić information content (AvgIpc) is 3.11. The van der Waals surface area contributed by atoms with Crippen molar-refractivity contribution in [2.24, 2.45) is 11.8 Å². The minimum atomic E-state index is 0.120. The second-order valence-corrected chi connectivity index (χ2v) is 9.12. The van der Waals surface area contributed by atoms with Crippen LogP contribution in [0.25, 0.3) is 5.57 Å². The van der Waals surface area contributed by atoms with Crippen molar-refractivity contribution < 1.29 is 9.32 Å². The largest absolute Gasteiger partial charge is 0.360 e. The number of likely N-dealkylation sites (tertiary alicyclic amines) is 1. The van der Waals surface area contributed by atoms with E-state index in [1.165, 1.54) is 16.7 Å². The highest BCUT2D eigenvalue weighted by molar-refractivity contribution is 6.30. The first-order chi connectivity index (χ1) is 13.6. The van der Waals surface area contributed by atoms with Crippen LogP contribution in [0.2, 0.25) is 5.02 Å². The third kappa shape index (κ3) is 3.56. The van der Waals surface area contributed by atoms with Crippen LogP contribution in [0.3, 0.4) is 0 Å². The molecule has 1 saturated carbocycles.